The van der Waals surface area contributed by atoms with Crippen molar-refractivity contribution in [2.75, 3.05) is 0 Å². The number of aromatic nitrogens is 3. The molecule has 2 aromatic carbocycles. The van der Waals surface area contributed by atoms with Gasteiger partial charge in [0.25, 0.3) is 11.8 Å². The van der Waals surface area contributed by atoms with Gasteiger partial charge in [-0.25, -0.2) is 14.2 Å². The molecule has 0 saturated heterocycles. The lowest BCUT2D eigenvalue weighted by molar-refractivity contribution is 0.0841. The van der Waals surface area contributed by atoms with E-state index in [1.807, 2.05) is 0 Å². The minimum absolute atomic E-state index is 0.195. The van der Waals surface area contributed by atoms with Crippen LogP contribution in [0.5, 0.6) is 0 Å². The molecule has 0 unspecified atom stereocenters. The van der Waals surface area contributed by atoms with Crippen molar-refractivity contribution in [3.05, 3.63) is 92.8 Å². The zero-order valence-electron chi connectivity index (χ0n) is 15.2. The molecule has 7 heteroatoms. The standard InChI is InChI=1S/C20H19N3O4/c1-20(2,3)21-18(26)22(16(24)14-10-6-4-7-11-14)23(19(21)27)17(25)15-12-8-5-9-13-15/h4-13H,1-3H3. The van der Waals surface area contributed by atoms with Gasteiger partial charge in [0.15, 0.2) is 0 Å². The largest absolute Gasteiger partial charge is 0.355 e. The fraction of sp³-hybridized carbons (Fsp3) is 0.200. The Labute approximate surface area is 155 Å². The zero-order chi connectivity index (χ0) is 19.8. The van der Waals surface area contributed by atoms with Gasteiger partial charge in [0.05, 0.1) is 0 Å². The summed E-state index contributed by atoms with van der Waals surface area (Å²) in [6.45, 7) is 4.97. The van der Waals surface area contributed by atoms with E-state index >= 15 is 0 Å². The lowest BCUT2D eigenvalue weighted by Gasteiger charge is -2.17. The molecule has 0 spiro atoms. The van der Waals surface area contributed by atoms with Gasteiger partial charge in [0.1, 0.15) is 0 Å². The number of rotatable bonds is 2. The van der Waals surface area contributed by atoms with Crippen LogP contribution in [0.15, 0.2) is 70.3 Å². The Hall–Kier alpha value is -3.48. The maximum Gasteiger partial charge on any atom is 0.355 e. The molecule has 0 aliphatic carbocycles. The van der Waals surface area contributed by atoms with E-state index in [2.05, 4.69) is 0 Å². The van der Waals surface area contributed by atoms with Gasteiger partial charge in [-0.3, -0.25) is 9.59 Å². The van der Waals surface area contributed by atoms with Crippen LogP contribution in [0.25, 0.3) is 0 Å². The molecule has 0 atom stereocenters. The Balaban J connectivity index is 2.32. The molecule has 0 amide bonds. The van der Waals surface area contributed by atoms with E-state index in [1.54, 1.807) is 57.2 Å². The first kappa shape index (κ1) is 18.3. The molecule has 0 saturated carbocycles. The summed E-state index contributed by atoms with van der Waals surface area (Å²) in [6.07, 6.45) is 0. The Morgan fingerprint density at radius 1 is 0.667 bits per heavy atom. The second-order valence-electron chi connectivity index (χ2n) is 7.04. The van der Waals surface area contributed by atoms with Gasteiger partial charge in [-0.15, -0.1) is 0 Å². The van der Waals surface area contributed by atoms with E-state index in [0.717, 1.165) is 4.57 Å². The zero-order valence-corrected chi connectivity index (χ0v) is 15.2. The summed E-state index contributed by atoms with van der Waals surface area (Å²) in [5.74, 6) is -1.49. The summed E-state index contributed by atoms with van der Waals surface area (Å²) in [5.41, 5.74) is -2.23. The summed E-state index contributed by atoms with van der Waals surface area (Å²) in [6, 6.07) is 16.1. The maximum atomic E-state index is 13.0. The van der Waals surface area contributed by atoms with E-state index in [-0.39, 0.29) is 11.1 Å². The van der Waals surface area contributed by atoms with Crippen LogP contribution in [-0.2, 0) is 5.54 Å². The summed E-state index contributed by atoms with van der Waals surface area (Å²) in [4.78, 5) is 51.8. The number of hydrogen-bond acceptors (Lipinski definition) is 4. The summed E-state index contributed by atoms with van der Waals surface area (Å²) < 4.78 is 2.13. The van der Waals surface area contributed by atoms with Crippen molar-refractivity contribution in [1.82, 2.24) is 13.9 Å². The smallest absolute Gasteiger partial charge is 0.267 e. The van der Waals surface area contributed by atoms with Crippen LogP contribution in [0.4, 0.5) is 0 Å². The highest BCUT2D eigenvalue weighted by atomic mass is 16.2. The fourth-order valence-electron chi connectivity index (χ4n) is 2.78. The predicted octanol–water partition coefficient (Wildman–Crippen LogP) is 1.94. The van der Waals surface area contributed by atoms with Crippen molar-refractivity contribution in [2.24, 2.45) is 0 Å². The summed E-state index contributed by atoms with van der Waals surface area (Å²) in [7, 11) is 0. The molecule has 3 rings (SSSR count). The van der Waals surface area contributed by atoms with Gasteiger partial charge < -0.3 is 0 Å². The highest BCUT2D eigenvalue weighted by Crippen LogP contribution is 2.10. The molecule has 1 heterocycles. The van der Waals surface area contributed by atoms with Gasteiger partial charge >= 0.3 is 11.4 Å². The van der Waals surface area contributed by atoms with Crippen LogP contribution < -0.4 is 11.4 Å². The molecule has 0 aliphatic heterocycles. The van der Waals surface area contributed by atoms with Crippen LogP contribution >= 0.6 is 0 Å². The average molecular weight is 365 g/mol. The van der Waals surface area contributed by atoms with E-state index in [1.165, 1.54) is 24.3 Å². The van der Waals surface area contributed by atoms with Crippen LogP contribution in [0.1, 0.15) is 41.5 Å². The minimum atomic E-state index is -0.908. The first-order valence-corrected chi connectivity index (χ1v) is 8.40. The van der Waals surface area contributed by atoms with Gasteiger partial charge in [0, 0.05) is 16.7 Å². The first-order valence-electron chi connectivity index (χ1n) is 8.40. The third kappa shape index (κ3) is 3.19. The predicted molar refractivity (Wildman–Crippen MR) is 100 cm³/mol. The van der Waals surface area contributed by atoms with Crippen LogP contribution in [0.2, 0.25) is 0 Å². The van der Waals surface area contributed by atoms with Crippen LogP contribution in [0.3, 0.4) is 0 Å². The molecular formula is C20H19N3O4. The number of nitrogens with zero attached hydrogens (tertiary/aromatic N) is 3. The highest BCUT2D eigenvalue weighted by molar-refractivity contribution is 6.00. The number of benzene rings is 2. The van der Waals surface area contributed by atoms with Crippen molar-refractivity contribution in [1.29, 1.82) is 0 Å². The molecule has 138 valence electrons. The third-order valence-corrected chi connectivity index (χ3v) is 4.04. The lowest BCUT2D eigenvalue weighted by atomic mass is 10.1. The summed E-state index contributed by atoms with van der Waals surface area (Å²) in [5, 5.41) is 0. The average Bonchev–Trinajstić information content (AvgIpc) is 2.92. The molecule has 0 radical (unpaired) electrons. The molecule has 0 fully saturated rings. The van der Waals surface area contributed by atoms with Gasteiger partial charge in [-0.1, -0.05) is 36.4 Å². The third-order valence-electron chi connectivity index (χ3n) is 4.04. The molecule has 0 N–H and O–H groups in total. The quantitative estimate of drug-likeness (QED) is 0.695. The molecule has 1 aromatic heterocycles. The minimum Gasteiger partial charge on any atom is -0.267 e. The van der Waals surface area contributed by atoms with E-state index in [0.29, 0.717) is 9.36 Å². The topological polar surface area (TPSA) is 83.1 Å². The van der Waals surface area contributed by atoms with Gasteiger partial charge in [0.2, 0.25) is 0 Å². The number of hydrogen-bond donors (Lipinski definition) is 0. The Morgan fingerprint density at radius 2 is 1.00 bits per heavy atom. The van der Waals surface area contributed by atoms with Crippen molar-refractivity contribution in [3.8, 4) is 0 Å². The van der Waals surface area contributed by atoms with Gasteiger partial charge in [-0.05, 0) is 45.0 Å². The lowest BCUT2D eigenvalue weighted by Crippen LogP contribution is -2.41. The first-order chi connectivity index (χ1) is 12.7. The normalized spacial score (nSPS) is 11.4. The van der Waals surface area contributed by atoms with Crippen LogP contribution in [0, 0.1) is 0 Å². The van der Waals surface area contributed by atoms with Crippen molar-refractivity contribution >= 4 is 11.8 Å². The van der Waals surface area contributed by atoms with Crippen molar-refractivity contribution in [3.63, 3.8) is 0 Å². The van der Waals surface area contributed by atoms with E-state index in [4.69, 9.17) is 0 Å². The second-order valence-corrected chi connectivity index (χ2v) is 7.04. The van der Waals surface area contributed by atoms with Crippen molar-refractivity contribution in [2.45, 2.75) is 26.3 Å². The Kier molecular flexibility index (Phi) is 4.53. The molecule has 0 aliphatic rings. The van der Waals surface area contributed by atoms with Crippen molar-refractivity contribution < 1.29 is 9.59 Å². The SMILES string of the molecule is CC(C)(C)n1c(=O)n(C(=O)c2ccccc2)n(C(=O)c2ccccc2)c1=O. The maximum absolute atomic E-state index is 13.0. The van der Waals surface area contributed by atoms with E-state index in [9.17, 15) is 19.2 Å². The monoisotopic (exact) mass is 365 g/mol. The number of carbonyl (C=O) groups is 2. The molecular weight excluding hydrogens is 346 g/mol. The number of carbonyl (C=O) groups excluding carboxylic acids is 2. The Morgan fingerprint density at radius 3 is 1.30 bits per heavy atom. The summed E-state index contributed by atoms with van der Waals surface area (Å²) >= 11 is 0. The second kappa shape index (κ2) is 6.68. The molecule has 3 aromatic rings. The molecule has 27 heavy (non-hydrogen) atoms. The van der Waals surface area contributed by atoms with E-state index < -0.39 is 28.7 Å². The van der Waals surface area contributed by atoms with Crippen LogP contribution in [-0.4, -0.2) is 25.7 Å². The van der Waals surface area contributed by atoms with Gasteiger partial charge in [-0.2, -0.15) is 9.36 Å². The molecule has 7 nitrogen and oxygen atoms in total. The Bertz CT molecular complexity index is 1030. The molecule has 0 bridgehead atoms. The fourth-order valence-corrected chi connectivity index (χ4v) is 2.78. The highest BCUT2D eigenvalue weighted by Gasteiger charge is 2.31.